The minimum Gasteiger partial charge on any atom is -0.292 e. The van der Waals surface area contributed by atoms with E-state index in [1.807, 2.05) is 50.4 Å². The van der Waals surface area contributed by atoms with Gasteiger partial charge in [0.15, 0.2) is 10.8 Å². The number of thiazole rings is 1. The first kappa shape index (κ1) is 20.1. The number of aryl methyl sites for hydroxylation is 4. The molecular formula is C25H23N3OS. The third kappa shape index (κ3) is 4.36. The lowest BCUT2D eigenvalue weighted by molar-refractivity contribution is 0.0982. The number of aromatic nitrogens is 3. The van der Waals surface area contributed by atoms with Crippen LogP contribution in [0.25, 0.3) is 21.7 Å². The minimum atomic E-state index is 0.0803. The molecule has 4 aromatic rings. The molecule has 0 bridgehead atoms. The van der Waals surface area contributed by atoms with Gasteiger partial charge in [0.2, 0.25) is 0 Å². The Bertz CT molecular complexity index is 1200. The molecule has 4 rings (SSSR count). The summed E-state index contributed by atoms with van der Waals surface area (Å²) >= 11 is 1.48. The molecule has 0 spiro atoms. The number of hydrogen-bond donors (Lipinski definition) is 0. The Hall–Kier alpha value is -3.18. The van der Waals surface area contributed by atoms with Gasteiger partial charge in [0, 0.05) is 30.1 Å². The van der Waals surface area contributed by atoms with Gasteiger partial charge in [-0.25, -0.2) is 4.98 Å². The zero-order valence-corrected chi connectivity index (χ0v) is 18.2. The molecule has 0 saturated carbocycles. The number of hydrogen-bond acceptors (Lipinski definition) is 5. The molecule has 0 unspecified atom stereocenters. The maximum Gasteiger partial charge on any atom is 0.191 e. The molecule has 0 aliphatic carbocycles. The van der Waals surface area contributed by atoms with Gasteiger partial charge in [-0.2, -0.15) is 0 Å². The molecule has 4 nitrogen and oxygen atoms in total. The van der Waals surface area contributed by atoms with E-state index in [0.717, 1.165) is 44.2 Å². The Balaban J connectivity index is 1.46. The van der Waals surface area contributed by atoms with Gasteiger partial charge in [-0.3, -0.25) is 14.8 Å². The third-order valence-electron chi connectivity index (χ3n) is 5.02. The molecule has 0 N–H and O–H groups in total. The number of ketones is 1. The molecule has 1 aromatic carbocycles. The van der Waals surface area contributed by atoms with Crippen molar-refractivity contribution in [2.75, 3.05) is 0 Å². The van der Waals surface area contributed by atoms with Gasteiger partial charge in [-0.05, 0) is 56.0 Å². The third-order valence-corrected chi connectivity index (χ3v) is 6.26. The number of carbonyl (C=O) groups is 1. The Labute approximate surface area is 180 Å². The number of Topliss-reactive ketones (excluding diaryl/α,β-unsaturated/α-hetero) is 1. The molecule has 0 atom stereocenters. The fourth-order valence-corrected chi connectivity index (χ4v) is 4.54. The zero-order valence-electron chi connectivity index (χ0n) is 17.3. The number of nitrogens with zero attached hydrogens (tertiary/aromatic N) is 3. The summed E-state index contributed by atoms with van der Waals surface area (Å²) in [7, 11) is 0. The average molecular weight is 414 g/mol. The lowest BCUT2D eigenvalue weighted by atomic mass is 10.0. The molecule has 0 fully saturated rings. The van der Waals surface area contributed by atoms with Crippen molar-refractivity contribution in [2.24, 2.45) is 0 Å². The fraction of sp³-hybridized carbons (Fsp3) is 0.200. The minimum absolute atomic E-state index is 0.0803. The highest BCUT2D eigenvalue weighted by molar-refractivity contribution is 7.17. The molecule has 3 heterocycles. The van der Waals surface area contributed by atoms with E-state index < -0.39 is 0 Å². The molecule has 0 radical (unpaired) electrons. The molecule has 0 aliphatic heterocycles. The lowest BCUT2D eigenvalue weighted by Gasteiger charge is -2.08. The quantitative estimate of drug-likeness (QED) is 0.363. The molecule has 30 heavy (non-hydrogen) atoms. The van der Waals surface area contributed by atoms with Gasteiger partial charge in [-0.1, -0.05) is 36.4 Å². The molecule has 3 aromatic heterocycles. The highest BCUT2D eigenvalue weighted by Crippen LogP contribution is 2.30. The first-order valence-corrected chi connectivity index (χ1v) is 10.8. The van der Waals surface area contributed by atoms with Crippen molar-refractivity contribution in [3.8, 4) is 21.7 Å². The van der Waals surface area contributed by atoms with Crippen molar-refractivity contribution < 1.29 is 4.79 Å². The van der Waals surface area contributed by atoms with Crippen LogP contribution in [0.1, 0.15) is 38.7 Å². The van der Waals surface area contributed by atoms with Crippen LogP contribution in [0.5, 0.6) is 0 Å². The Morgan fingerprint density at radius 1 is 0.967 bits per heavy atom. The van der Waals surface area contributed by atoms with Gasteiger partial charge in [0.05, 0.1) is 16.3 Å². The molecule has 0 aliphatic rings. The number of carbonyl (C=O) groups excluding carboxylic acids is 1. The summed E-state index contributed by atoms with van der Waals surface area (Å²) in [5.74, 6) is 0.0803. The van der Waals surface area contributed by atoms with E-state index >= 15 is 0 Å². The smallest absolute Gasteiger partial charge is 0.191 e. The first-order valence-electron chi connectivity index (χ1n) is 9.96. The van der Waals surface area contributed by atoms with Crippen LogP contribution in [0.15, 0.2) is 60.9 Å². The second kappa shape index (κ2) is 8.67. The van der Waals surface area contributed by atoms with E-state index in [2.05, 4.69) is 40.1 Å². The monoisotopic (exact) mass is 413 g/mol. The summed E-state index contributed by atoms with van der Waals surface area (Å²) in [6.45, 7) is 5.99. The second-order valence-electron chi connectivity index (χ2n) is 7.42. The van der Waals surface area contributed by atoms with E-state index in [1.54, 1.807) is 6.20 Å². The predicted octanol–water partition coefficient (Wildman–Crippen LogP) is 6.01. The highest BCUT2D eigenvalue weighted by atomic mass is 32.1. The maximum atomic E-state index is 12.7. The van der Waals surface area contributed by atoms with Crippen LogP contribution in [0.4, 0.5) is 0 Å². The summed E-state index contributed by atoms with van der Waals surface area (Å²) in [6, 6.07) is 16.2. The maximum absolute atomic E-state index is 12.7. The van der Waals surface area contributed by atoms with Crippen molar-refractivity contribution in [3.63, 3.8) is 0 Å². The average Bonchev–Trinajstić information content (AvgIpc) is 3.14. The van der Waals surface area contributed by atoms with Crippen molar-refractivity contribution in [1.82, 2.24) is 15.0 Å². The van der Waals surface area contributed by atoms with E-state index in [0.29, 0.717) is 17.8 Å². The van der Waals surface area contributed by atoms with Crippen LogP contribution < -0.4 is 0 Å². The van der Waals surface area contributed by atoms with Gasteiger partial charge < -0.3 is 0 Å². The number of benzene rings is 1. The van der Waals surface area contributed by atoms with Crippen LogP contribution >= 0.6 is 11.3 Å². The molecule has 150 valence electrons. The van der Waals surface area contributed by atoms with Crippen LogP contribution in [-0.4, -0.2) is 20.7 Å². The number of rotatable bonds is 6. The standard InChI is InChI=1S/C25H23N3OS/c1-16-13-19(15-27-23(16)21-11-12-26-17(2)14-21)9-10-22(29)25-28-18(3)24(30-25)20-7-5-4-6-8-20/h4-8,11-15H,9-10H2,1-3H3. The predicted molar refractivity (Wildman–Crippen MR) is 122 cm³/mol. The Kier molecular flexibility index (Phi) is 5.81. The second-order valence-corrected chi connectivity index (χ2v) is 8.42. The van der Waals surface area contributed by atoms with E-state index in [-0.39, 0.29) is 5.78 Å². The van der Waals surface area contributed by atoms with Crippen molar-refractivity contribution in [2.45, 2.75) is 33.6 Å². The number of pyridine rings is 2. The normalized spacial score (nSPS) is 10.9. The van der Waals surface area contributed by atoms with Gasteiger partial charge in [-0.15, -0.1) is 11.3 Å². The van der Waals surface area contributed by atoms with Crippen LogP contribution in [0, 0.1) is 20.8 Å². The zero-order chi connectivity index (χ0) is 21.1. The first-order chi connectivity index (χ1) is 14.5. The summed E-state index contributed by atoms with van der Waals surface area (Å²) in [4.78, 5) is 27.2. The van der Waals surface area contributed by atoms with E-state index in [9.17, 15) is 4.79 Å². The van der Waals surface area contributed by atoms with Gasteiger partial charge in [0.1, 0.15) is 0 Å². The Morgan fingerprint density at radius 2 is 1.77 bits per heavy atom. The van der Waals surface area contributed by atoms with E-state index in [1.165, 1.54) is 11.3 Å². The van der Waals surface area contributed by atoms with Crippen molar-refractivity contribution >= 4 is 17.1 Å². The topological polar surface area (TPSA) is 55.7 Å². The molecular weight excluding hydrogens is 390 g/mol. The summed E-state index contributed by atoms with van der Waals surface area (Å²) in [5, 5.41) is 0.583. The molecule has 0 amide bonds. The molecule has 0 saturated heterocycles. The summed E-state index contributed by atoms with van der Waals surface area (Å²) in [5.41, 5.74) is 7.16. The Morgan fingerprint density at radius 3 is 2.50 bits per heavy atom. The SMILES string of the molecule is Cc1cc(-c2ncc(CCC(=O)c3nc(C)c(-c4ccccc4)s3)cc2C)ccn1. The highest BCUT2D eigenvalue weighted by Gasteiger charge is 2.16. The van der Waals surface area contributed by atoms with E-state index in [4.69, 9.17) is 0 Å². The van der Waals surface area contributed by atoms with Gasteiger partial charge >= 0.3 is 0 Å². The van der Waals surface area contributed by atoms with Crippen molar-refractivity contribution in [3.05, 3.63) is 88.4 Å². The summed E-state index contributed by atoms with van der Waals surface area (Å²) < 4.78 is 0. The van der Waals surface area contributed by atoms with Crippen LogP contribution in [0.2, 0.25) is 0 Å². The van der Waals surface area contributed by atoms with Crippen LogP contribution in [-0.2, 0) is 6.42 Å². The van der Waals surface area contributed by atoms with Crippen molar-refractivity contribution in [1.29, 1.82) is 0 Å². The van der Waals surface area contributed by atoms with Crippen LogP contribution in [0.3, 0.4) is 0 Å². The fourth-order valence-electron chi connectivity index (χ4n) is 3.50. The summed E-state index contributed by atoms with van der Waals surface area (Å²) in [6.07, 6.45) is 4.75. The largest absolute Gasteiger partial charge is 0.292 e. The van der Waals surface area contributed by atoms with Gasteiger partial charge in [0.25, 0.3) is 0 Å². The lowest BCUT2D eigenvalue weighted by Crippen LogP contribution is -2.02. The molecule has 5 heteroatoms.